The monoisotopic (exact) mass is 304 g/mol. The number of phenols is 1. The molecular formula is C15H13ClN2O3. The molecule has 2 aromatic carbocycles. The number of hydrogen-bond donors (Lipinski definition) is 3. The lowest BCUT2D eigenvalue weighted by Crippen LogP contribution is -2.23. The Morgan fingerprint density at radius 2 is 1.95 bits per heavy atom. The molecule has 4 N–H and O–H groups in total. The van der Waals surface area contributed by atoms with Crippen LogP contribution in [-0.2, 0) is 6.54 Å². The van der Waals surface area contributed by atoms with Crippen molar-refractivity contribution in [1.82, 2.24) is 5.32 Å². The third-order valence-corrected chi connectivity index (χ3v) is 3.10. The minimum Gasteiger partial charge on any atom is -0.507 e. The molecule has 0 radical (unpaired) electrons. The van der Waals surface area contributed by atoms with Gasteiger partial charge in [-0.25, -0.2) is 0 Å². The fourth-order valence-corrected chi connectivity index (χ4v) is 1.97. The van der Waals surface area contributed by atoms with E-state index in [4.69, 9.17) is 17.3 Å². The van der Waals surface area contributed by atoms with Gasteiger partial charge in [-0.15, -0.1) is 0 Å². The number of nitrogens with two attached hydrogens (primary N) is 1. The maximum atomic E-state index is 12.0. The zero-order chi connectivity index (χ0) is 15.4. The van der Waals surface area contributed by atoms with Gasteiger partial charge in [0.1, 0.15) is 5.75 Å². The highest BCUT2D eigenvalue weighted by molar-refractivity contribution is 6.31. The van der Waals surface area contributed by atoms with Crippen molar-refractivity contribution in [3.05, 3.63) is 64.2 Å². The summed E-state index contributed by atoms with van der Waals surface area (Å²) in [5.74, 6) is -1.14. The quantitative estimate of drug-likeness (QED) is 0.807. The number of hydrogen-bond acceptors (Lipinski definition) is 3. The lowest BCUT2D eigenvalue weighted by atomic mass is 10.1. The first-order valence-electron chi connectivity index (χ1n) is 6.13. The van der Waals surface area contributed by atoms with Crippen molar-refractivity contribution < 1.29 is 14.7 Å². The number of benzene rings is 2. The Morgan fingerprint density at radius 1 is 1.19 bits per heavy atom. The number of nitrogens with one attached hydrogen (secondary N) is 1. The van der Waals surface area contributed by atoms with E-state index < -0.39 is 11.8 Å². The van der Waals surface area contributed by atoms with Crippen LogP contribution in [0.4, 0.5) is 0 Å². The van der Waals surface area contributed by atoms with Crippen LogP contribution in [0.3, 0.4) is 0 Å². The Balaban J connectivity index is 2.09. The van der Waals surface area contributed by atoms with Crippen LogP contribution >= 0.6 is 11.6 Å². The van der Waals surface area contributed by atoms with Crippen LogP contribution < -0.4 is 11.1 Å². The number of rotatable bonds is 4. The van der Waals surface area contributed by atoms with Crippen molar-refractivity contribution in [3.63, 3.8) is 0 Å². The minimum absolute atomic E-state index is 0.0913. The minimum atomic E-state index is -0.532. The lowest BCUT2D eigenvalue weighted by molar-refractivity contribution is 0.0947. The summed E-state index contributed by atoms with van der Waals surface area (Å²) >= 11 is 5.79. The number of aromatic hydroxyl groups is 1. The third-order valence-electron chi connectivity index (χ3n) is 2.87. The van der Waals surface area contributed by atoms with Gasteiger partial charge in [-0.3, -0.25) is 9.59 Å². The zero-order valence-corrected chi connectivity index (χ0v) is 11.7. The second-order valence-electron chi connectivity index (χ2n) is 4.41. The van der Waals surface area contributed by atoms with Crippen molar-refractivity contribution in [2.45, 2.75) is 6.54 Å². The average molecular weight is 305 g/mol. The van der Waals surface area contributed by atoms with Crippen LogP contribution in [-0.4, -0.2) is 16.9 Å². The molecule has 2 amide bonds. The molecule has 2 rings (SSSR count). The highest BCUT2D eigenvalue weighted by Crippen LogP contribution is 2.21. The van der Waals surface area contributed by atoms with E-state index in [9.17, 15) is 14.7 Å². The summed E-state index contributed by atoms with van der Waals surface area (Å²) in [5.41, 5.74) is 6.37. The third kappa shape index (κ3) is 3.73. The smallest absolute Gasteiger partial charge is 0.255 e. The molecule has 2 aromatic rings. The number of carbonyl (C=O) groups excluding carboxylic acids is 2. The Bertz CT molecular complexity index is 701. The molecule has 0 saturated carbocycles. The number of primary amides is 1. The molecule has 108 valence electrons. The van der Waals surface area contributed by atoms with E-state index in [1.165, 1.54) is 18.2 Å². The summed E-state index contributed by atoms with van der Waals surface area (Å²) < 4.78 is 0. The van der Waals surface area contributed by atoms with Crippen LogP contribution in [0, 0.1) is 0 Å². The van der Waals surface area contributed by atoms with E-state index in [0.717, 1.165) is 5.56 Å². The van der Waals surface area contributed by atoms with E-state index in [1.54, 1.807) is 24.3 Å². The number of amides is 2. The fraction of sp³-hybridized carbons (Fsp3) is 0.0667. The second kappa shape index (κ2) is 6.28. The van der Waals surface area contributed by atoms with E-state index in [0.29, 0.717) is 10.6 Å². The predicted molar refractivity (Wildman–Crippen MR) is 79.2 cm³/mol. The first-order valence-corrected chi connectivity index (χ1v) is 6.50. The van der Waals surface area contributed by atoms with Gasteiger partial charge in [0.05, 0.1) is 5.56 Å². The van der Waals surface area contributed by atoms with E-state index in [2.05, 4.69) is 5.32 Å². The summed E-state index contributed by atoms with van der Waals surface area (Å²) in [6, 6.07) is 10.8. The number of phenolic OH excluding ortho intramolecular Hbond substituents is 1. The van der Waals surface area contributed by atoms with Crippen molar-refractivity contribution in [1.29, 1.82) is 0 Å². The second-order valence-corrected chi connectivity index (χ2v) is 4.85. The lowest BCUT2D eigenvalue weighted by Gasteiger charge is -2.08. The molecule has 0 heterocycles. The average Bonchev–Trinajstić information content (AvgIpc) is 2.47. The molecule has 0 fully saturated rings. The van der Waals surface area contributed by atoms with Gasteiger partial charge in [-0.2, -0.15) is 0 Å². The summed E-state index contributed by atoms with van der Waals surface area (Å²) in [6.45, 7) is 0.200. The molecular weight excluding hydrogens is 292 g/mol. The molecule has 0 aliphatic carbocycles. The highest BCUT2D eigenvalue weighted by Gasteiger charge is 2.11. The molecule has 0 spiro atoms. The van der Waals surface area contributed by atoms with Crippen LogP contribution in [0.2, 0.25) is 5.02 Å². The van der Waals surface area contributed by atoms with E-state index >= 15 is 0 Å². The Labute approximate surface area is 126 Å². The number of carbonyl (C=O) groups is 2. The van der Waals surface area contributed by atoms with Crippen molar-refractivity contribution in [2.75, 3.05) is 0 Å². The topological polar surface area (TPSA) is 92.4 Å². The van der Waals surface area contributed by atoms with Crippen LogP contribution in [0.1, 0.15) is 26.3 Å². The molecule has 0 aromatic heterocycles. The van der Waals surface area contributed by atoms with Crippen LogP contribution in [0.25, 0.3) is 0 Å². The molecule has 6 heteroatoms. The van der Waals surface area contributed by atoms with Crippen molar-refractivity contribution in [3.8, 4) is 5.75 Å². The SMILES string of the molecule is NC(=O)c1cccc(CNC(=O)c2cc(Cl)ccc2O)c1. The van der Waals surface area contributed by atoms with E-state index in [1.807, 2.05) is 0 Å². The van der Waals surface area contributed by atoms with Crippen molar-refractivity contribution in [2.24, 2.45) is 5.73 Å². The molecule has 21 heavy (non-hydrogen) atoms. The summed E-state index contributed by atoms with van der Waals surface area (Å²) in [7, 11) is 0. The van der Waals surface area contributed by atoms with Crippen LogP contribution in [0.15, 0.2) is 42.5 Å². The fourth-order valence-electron chi connectivity index (χ4n) is 1.80. The highest BCUT2D eigenvalue weighted by atomic mass is 35.5. The van der Waals surface area contributed by atoms with E-state index in [-0.39, 0.29) is 17.9 Å². The maximum Gasteiger partial charge on any atom is 0.255 e. The molecule has 0 aliphatic rings. The van der Waals surface area contributed by atoms with Gasteiger partial charge in [-0.05, 0) is 35.9 Å². The van der Waals surface area contributed by atoms with Crippen LogP contribution in [0.5, 0.6) is 5.75 Å². The summed E-state index contributed by atoms with van der Waals surface area (Å²) in [4.78, 5) is 23.1. The predicted octanol–water partition coefficient (Wildman–Crippen LogP) is 2.07. The zero-order valence-electron chi connectivity index (χ0n) is 11.0. The van der Waals surface area contributed by atoms with Crippen molar-refractivity contribution >= 4 is 23.4 Å². The molecule has 0 unspecified atom stereocenters. The molecule has 0 saturated heterocycles. The maximum absolute atomic E-state index is 12.0. The van der Waals surface area contributed by atoms with Gasteiger partial charge in [-0.1, -0.05) is 23.7 Å². The number of halogens is 1. The Morgan fingerprint density at radius 3 is 2.67 bits per heavy atom. The first-order chi connectivity index (χ1) is 9.97. The Hall–Kier alpha value is -2.53. The first kappa shape index (κ1) is 14.9. The molecule has 0 bridgehead atoms. The van der Waals surface area contributed by atoms with Gasteiger partial charge in [0, 0.05) is 17.1 Å². The summed E-state index contributed by atoms with van der Waals surface area (Å²) in [5, 5.41) is 12.6. The molecule has 0 aliphatic heterocycles. The van der Waals surface area contributed by atoms with Gasteiger partial charge >= 0.3 is 0 Å². The van der Waals surface area contributed by atoms with Gasteiger partial charge < -0.3 is 16.2 Å². The largest absolute Gasteiger partial charge is 0.507 e. The molecule has 0 atom stereocenters. The Kier molecular flexibility index (Phi) is 4.45. The summed E-state index contributed by atoms with van der Waals surface area (Å²) in [6.07, 6.45) is 0. The molecule has 5 nitrogen and oxygen atoms in total. The van der Waals surface area contributed by atoms with Gasteiger partial charge in [0.2, 0.25) is 5.91 Å². The van der Waals surface area contributed by atoms with Gasteiger partial charge in [0.25, 0.3) is 5.91 Å². The van der Waals surface area contributed by atoms with Gasteiger partial charge in [0.15, 0.2) is 0 Å². The normalized spacial score (nSPS) is 10.1. The standard InChI is InChI=1S/C15H13ClN2O3/c16-11-4-5-13(19)12(7-11)15(21)18-8-9-2-1-3-10(6-9)14(17)20/h1-7,19H,8H2,(H2,17,20)(H,18,21).